The standard InChI is InChI=1S/C10H19NO2/c1-4-13-9(12)10(2,3)8-6-5-7-11-8/h8,11H,4-7H2,1-3H3. The first-order chi connectivity index (χ1) is 6.09. The van der Waals surface area contributed by atoms with Crippen molar-refractivity contribution in [1.82, 2.24) is 5.32 Å². The van der Waals surface area contributed by atoms with Crippen LogP contribution in [0, 0.1) is 5.41 Å². The number of hydrogen-bond donors (Lipinski definition) is 1. The van der Waals surface area contributed by atoms with Gasteiger partial charge in [0.05, 0.1) is 12.0 Å². The van der Waals surface area contributed by atoms with Crippen LogP contribution in [0.1, 0.15) is 33.6 Å². The van der Waals surface area contributed by atoms with Gasteiger partial charge in [0, 0.05) is 6.04 Å². The Hall–Kier alpha value is -0.570. The monoisotopic (exact) mass is 185 g/mol. The van der Waals surface area contributed by atoms with E-state index in [1.54, 1.807) is 0 Å². The van der Waals surface area contributed by atoms with Crippen molar-refractivity contribution in [3.8, 4) is 0 Å². The Morgan fingerprint density at radius 1 is 1.62 bits per heavy atom. The second-order valence-electron chi connectivity index (χ2n) is 4.09. The van der Waals surface area contributed by atoms with Gasteiger partial charge in [0.15, 0.2) is 0 Å². The predicted octanol–water partition coefficient (Wildman–Crippen LogP) is 1.33. The highest BCUT2D eigenvalue weighted by Crippen LogP contribution is 2.28. The molecule has 0 saturated carbocycles. The molecule has 3 nitrogen and oxygen atoms in total. The van der Waals surface area contributed by atoms with Gasteiger partial charge in [-0.3, -0.25) is 4.79 Å². The zero-order chi connectivity index (χ0) is 9.90. The van der Waals surface area contributed by atoms with Crippen molar-refractivity contribution in [2.75, 3.05) is 13.2 Å². The van der Waals surface area contributed by atoms with E-state index in [9.17, 15) is 4.79 Å². The average Bonchev–Trinajstić information content (AvgIpc) is 2.56. The highest BCUT2D eigenvalue weighted by Gasteiger charge is 2.39. The van der Waals surface area contributed by atoms with Gasteiger partial charge in [-0.25, -0.2) is 0 Å². The summed E-state index contributed by atoms with van der Waals surface area (Å²) in [6, 6.07) is 0.284. The number of nitrogens with one attached hydrogen (secondary N) is 1. The van der Waals surface area contributed by atoms with Crippen LogP contribution in [0.2, 0.25) is 0 Å². The molecule has 0 aromatic carbocycles. The molecule has 3 heteroatoms. The third kappa shape index (κ3) is 2.21. The lowest BCUT2D eigenvalue weighted by Crippen LogP contribution is -2.44. The highest BCUT2D eigenvalue weighted by molar-refractivity contribution is 5.76. The SMILES string of the molecule is CCOC(=O)C(C)(C)C1CCCN1. The van der Waals surface area contributed by atoms with Crippen LogP contribution in [0.25, 0.3) is 0 Å². The van der Waals surface area contributed by atoms with Gasteiger partial charge in [-0.15, -0.1) is 0 Å². The molecule has 0 bridgehead atoms. The van der Waals surface area contributed by atoms with Gasteiger partial charge < -0.3 is 10.1 Å². The Morgan fingerprint density at radius 2 is 2.31 bits per heavy atom. The summed E-state index contributed by atoms with van der Waals surface area (Å²) >= 11 is 0. The Labute approximate surface area is 79.8 Å². The van der Waals surface area contributed by atoms with Crippen LogP contribution in [0.5, 0.6) is 0 Å². The Morgan fingerprint density at radius 3 is 2.77 bits per heavy atom. The summed E-state index contributed by atoms with van der Waals surface area (Å²) in [6.45, 7) is 7.24. The molecule has 76 valence electrons. The molecule has 0 radical (unpaired) electrons. The molecule has 1 aliphatic heterocycles. The second kappa shape index (κ2) is 4.09. The van der Waals surface area contributed by atoms with E-state index in [-0.39, 0.29) is 17.4 Å². The summed E-state index contributed by atoms with van der Waals surface area (Å²) < 4.78 is 5.04. The minimum Gasteiger partial charge on any atom is -0.466 e. The molecule has 1 aliphatic rings. The quantitative estimate of drug-likeness (QED) is 0.674. The van der Waals surface area contributed by atoms with E-state index in [2.05, 4.69) is 5.32 Å². The maximum atomic E-state index is 11.6. The van der Waals surface area contributed by atoms with E-state index < -0.39 is 0 Å². The number of rotatable bonds is 3. The van der Waals surface area contributed by atoms with Crippen molar-refractivity contribution >= 4 is 5.97 Å². The van der Waals surface area contributed by atoms with Crippen LogP contribution in [0.4, 0.5) is 0 Å². The number of esters is 1. The normalized spacial score (nSPS) is 23.2. The Bertz CT molecular complexity index is 183. The average molecular weight is 185 g/mol. The summed E-state index contributed by atoms with van der Waals surface area (Å²) in [5.41, 5.74) is -0.382. The summed E-state index contributed by atoms with van der Waals surface area (Å²) in [4.78, 5) is 11.6. The van der Waals surface area contributed by atoms with E-state index in [1.165, 1.54) is 0 Å². The molecule has 1 atom stereocenters. The lowest BCUT2D eigenvalue weighted by molar-refractivity contribution is -0.154. The largest absolute Gasteiger partial charge is 0.466 e. The van der Waals surface area contributed by atoms with Gasteiger partial charge in [0.2, 0.25) is 0 Å². The molecule has 0 aromatic rings. The summed E-state index contributed by atoms with van der Waals surface area (Å²) in [7, 11) is 0. The van der Waals surface area contributed by atoms with Gasteiger partial charge >= 0.3 is 5.97 Å². The lowest BCUT2D eigenvalue weighted by atomic mass is 9.83. The molecule has 1 heterocycles. The molecule has 0 amide bonds. The van der Waals surface area contributed by atoms with Crippen molar-refractivity contribution in [3.63, 3.8) is 0 Å². The number of carbonyl (C=O) groups is 1. The first-order valence-corrected chi connectivity index (χ1v) is 4.99. The van der Waals surface area contributed by atoms with E-state index in [4.69, 9.17) is 4.74 Å². The van der Waals surface area contributed by atoms with Crippen LogP contribution < -0.4 is 5.32 Å². The molecule has 1 unspecified atom stereocenters. The van der Waals surface area contributed by atoms with Gasteiger partial charge in [-0.05, 0) is 40.2 Å². The van der Waals surface area contributed by atoms with Gasteiger partial charge in [0.25, 0.3) is 0 Å². The summed E-state index contributed by atoms with van der Waals surface area (Å²) in [5.74, 6) is -0.0885. The molecular formula is C10H19NO2. The van der Waals surface area contributed by atoms with E-state index in [0.717, 1.165) is 19.4 Å². The van der Waals surface area contributed by atoms with Gasteiger partial charge in [-0.2, -0.15) is 0 Å². The first kappa shape index (κ1) is 10.5. The zero-order valence-corrected chi connectivity index (χ0v) is 8.72. The molecule has 1 rings (SSSR count). The highest BCUT2D eigenvalue weighted by atomic mass is 16.5. The molecule has 1 saturated heterocycles. The summed E-state index contributed by atoms with van der Waals surface area (Å²) in [5, 5.41) is 3.34. The number of carbonyl (C=O) groups excluding carboxylic acids is 1. The van der Waals surface area contributed by atoms with Crippen molar-refractivity contribution < 1.29 is 9.53 Å². The molecule has 0 aromatic heterocycles. The van der Waals surface area contributed by atoms with Crippen LogP contribution in [-0.2, 0) is 9.53 Å². The van der Waals surface area contributed by atoms with Crippen LogP contribution >= 0.6 is 0 Å². The predicted molar refractivity (Wildman–Crippen MR) is 51.4 cm³/mol. The lowest BCUT2D eigenvalue weighted by Gasteiger charge is -2.28. The molecular weight excluding hydrogens is 166 g/mol. The number of ether oxygens (including phenoxy) is 1. The van der Waals surface area contributed by atoms with E-state index in [1.807, 2.05) is 20.8 Å². The van der Waals surface area contributed by atoms with Crippen molar-refractivity contribution in [1.29, 1.82) is 0 Å². The molecule has 1 fully saturated rings. The van der Waals surface area contributed by atoms with Gasteiger partial charge in [-0.1, -0.05) is 0 Å². The smallest absolute Gasteiger partial charge is 0.313 e. The van der Waals surface area contributed by atoms with Crippen molar-refractivity contribution in [3.05, 3.63) is 0 Å². The van der Waals surface area contributed by atoms with Gasteiger partial charge in [0.1, 0.15) is 0 Å². The maximum absolute atomic E-state index is 11.6. The minimum atomic E-state index is -0.382. The van der Waals surface area contributed by atoms with E-state index in [0.29, 0.717) is 6.61 Å². The number of hydrogen-bond acceptors (Lipinski definition) is 3. The fourth-order valence-electron chi connectivity index (χ4n) is 1.76. The van der Waals surface area contributed by atoms with Crippen LogP contribution in [0.15, 0.2) is 0 Å². The first-order valence-electron chi connectivity index (χ1n) is 4.99. The van der Waals surface area contributed by atoms with Crippen LogP contribution in [0.3, 0.4) is 0 Å². The van der Waals surface area contributed by atoms with Crippen molar-refractivity contribution in [2.24, 2.45) is 5.41 Å². The molecule has 0 aliphatic carbocycles. The van der Waals surface area contributed by atoms with E-state index >= 15 is 0 Å². The summed E-state index contributed by atoms with van der Waals surface area (Å²) in [6.07, 6.45) is 2.24. The third-order valence-corrected chi connectivity index (χ3v) is 2.73. The molecule has 13 heavy (non-hydrogen) atoms. The molecule has 1 N–H and O–H groups in total. The maximum Gasteiger partial charge on any atom is 0.313 e. The zero-order valence-electron chi connectivity index (χ0n) is 8.72. The third-order valence-electron chi connectivity index (χ3n) is 2.73. The fourth-order valence-corrected chi connectivity index (χ4v) is 1.76. The molecule has 0 spiro atoms. The Balaban J connectivity index is 2.57. The van der Waals surface area contributed by atoms with Crippen molar-refractivity contribution in [2.45, 2.75) is 39.7 Å². The van der Waals surface area contributed by atoms with Crippen LogP contribution in [-0.4, -0.2) is 25.2 Å². The minimum absolute atomic E-state index is 0.0885. The second-order valence-corrected chi connectivity index (χ2v) is 4.09. The topological polar surface area (TPSA) is 38.3 Å². The Kier molecular flexibility index (Phi) is 3.31. The fraction of sp³-hybridized carbons (Fsp3) is 0.900.